The molecule has 8 heteroatoms. The summed E-state index contributed by atoms with van der Waals surface area (Å²) in [6.45, 7) is 4.75. The molecule has 31 heavy (non-hydrogen) atoms. The van der Waals surface area contributed by atoms with Gasteiger partial charge in [0.05, 0.1) is 13.2 Å². The van der Waals surface area contributed by atoms with Crippen LogP contribution in [-0.2, 0) is 9.47 Å². The summed E-state index contributed by atoms with van der Waals surface area (Å²) in [4.78, 5) is 35.2. The fraction of sp³-hybridized carbons (Fsp3) is 0.609. The molecule has 1 amide bonds. The highest BCUT2D eigenvalue weighted by Crippen LogP contribution is 2.24. The molecule has 0 unspecified atom stereocenters. The predicted octanol–water partition coefficient (Wildman–Crippen LogP) is 6.39. The predicted molar refractivity (Wildman–Crippen MR) is 118 cm³/mol. The number of carbonyl (C=O) groups excluding carboxylic acids is 2. The van der Waals surface area contributed by atoms with Gasteiger partial charge in [-0.2, -0.15) is 0 Å². The first-order valence-electron chi connectivity index (χ1n) is 11.1. The van der Waals surface area contributed by atoms with Crippen LogP contribution < -0.4 is 10.1 Å². The summed E-state index contributed by atoms with van der Waals surface area (Å²) in [5.74, 6) is -1.47. The van der Waals surface area contributed by atoms with E-state index in [0.717, 1.165) is 57.8 Å². The van der Waals surface area contributed by atoms with Gasteiger partial charge in [0.25, 0.3) is 0 Å². The number of aromatic carboxylic acids is 1. The maximum Gasteiger partial charge on any atom is 0.513 e. The first-order chi connectivity index (χ1) is 15.0. The highest BCUT2D eigenvalue weighted by Gasteiger charge is 2.17. The summed E-state index contributed by atoms with van der Waals surface area (Å²) in [5.41, 5.74) is 0.0399. The molecule has 0 spiro atoms. The minimum Gasteiger partial charge on any atom is -0.478 e. The lowest BCUT2D eigenvalue weighted by Crippen LogP contribution is -2.16. The standard InChI is InChI=1S/C23H35NO7/c1-3-5-7-9-11-15-29-22(27)24-18-13-14-19(21(25)26)20(17-18)31-23(28)30-16-12-10-8-6-4-2/h13-14,17H,3-12,15-16H2,1-2H3,(H,24,27)(H,25,26). The van der Waals surface area contributed by atoms with Crippen LogP contribution >= 0.6 is 0 Å². The van der Waals surface area contributed by atoms with Crippen LogP contribution in [0.3, 0.4) is 0 Å². The molecule has 0 atom stereocenters. The van der Waals surface area contributed by atoms with Gasteiger partial charge in [-0.05, 0) is 25.0 Å². The van der Waals surface area contributed by atoms with E-state index in [1.165, 1.54) is 18.2 Å². The number of ether oxygens (including phenoxy) is 3. The van der Waals surface area contributed by atoms with Crippen LogP contribution in [0.25, 0.3) is 0 Å². The summed E-state index contributed by atoms with van der Waals surface area (Å²) in [6, 6.07) is 3.91. The van der Waals surface area contributed by atoms with Crippen LogP contribution in [0.15, 0.2) is 18.2 Å². The SMILES string of the molecule is CCCCCCCOC(=O)Nc1ccc(C(=O)O)c(OC(=O)OCCCCCCC)c1. The molecule has 0 radical (unpaired) electrons. The van der Waals surface area contributed by atoms with Crippen molar-refractivity contribution in [1.82, 2.24) is 0 Å². The number of amides is 1. The Kier molecular flexibility index (Phi) is 13.5. The van der Waals surface area contributed by atoms with E-state index in [9.17, 15) is 19.5 Å². The molecule has 1 aromatic rings. The van der Waals surface area contributed by atoms with E-state index >= 15 is 0 Å². The van der Waals surface area contributed by atoms with Gasteiger partial charge in [-0.15, -0.1) is 0 Å². The van der Waals surface area contributed by atoms with Crippen molar-refractivity contribution < 1.29 is 33.7 Å². The van der Waals surface area contributed by atoms with Crippen molar-refractivity contribution in [1.29, 1.82) is 0 Å². The molecule has 0 aromatic heterocycles. The second-order valence-corrected chi connectivity index (χ2v) is 7.31. The van der Waals surface area contributed by atoms with Gasteiger partial charge >= 0.3 is 18.2 Å². The van der Waals surface area contributed by atoms with Gasteiger partial charge in [0, 0.05) is 11.8 Å². The lowest BCUT2D eigenvalue weighted by molar-refractivity contribution is 0.0689. The zero-order chi connectivity index (χ0) is 22.9. The van der Waals surface area contributed by atoms with Gasteiger partial charge in [-0.3, -0.25) is 5.32 Å². The van der Waals surface area contributed by atoms with Gasteiger partial charge in [-0.25, -0.2) is 14.4 Å². The average molecular weight is 438 g/mol. The average Bonchev–Trinajstić information content (AvgIpc) is 2.73. The minimum atomic E-state index is -1.26. The number of benzene rings is 1. The Morgan fingerprint density at radius 1 is 0.839 bits per heavy atom. The summed E-state index contributed by atoms with van der Waals surface area (Å²) < 4.78 is 15.2. The molecular formula is C23H35NO7. The molecule has 1 aromatic carbocycles. The van der Waals surface area contributed by atoms with Crippen molar-refractivity contribution >= 4 is 23.9 Å². The van der Waals surface area contributed by atoms with E-state index < -0.39 is 18.2 Å². The van der Waals surface area contributed by atoms with E-state index in [1.807, 2.05) is 0 Å². The van der Waals surface area contributed by atoms with Crippen LogP contribution in [0.4, 0.5) is 15.3 Å². The zero-order valence-electron chi connectivity index (χ0n) is 18.6. The van der Waals surface area contributed by atoms with Gasteiger partial charge in [0.15, 0.2) is 5.75 Å². The Hall–Kier alpha value is -2.77. The molecular weight excluding hydrogens is 402 g/mol. The Bertz CT molecular complexity index is 691. The number of carbonyl (C=O) groups is 3. The largest absolute Gasteiger partial charge is 0.513 e. The lowest BCUT2D eigenvalue weighted by atomic mass is 10.2. The van der Waals surface area contributed by atoms with Crippen LogP contribution in [0.2, 0.25) is 0 Å². The van der Waals surface area contributed by atoms with Crippen molar-refractivity contribution in [3.05, 3.63) is 23.8 Å². The summed E-state index contributed by atoms with van der Waals surface area (Å²) in [7, 11) is 0. The number of nitrogens with one attached hydrogen (secondary N) is 1. The molecule has 0 aliphatic rings. The number of rotatable bonds is 15. The fourth-order valence-corrected chi connectivity index (χ4v) is 2.87. The van der Waals surface area contributed by atoms with Gasteiger partial charge < -0.3 is 19.3 Å². The summed E-state index contributed by atoms with van der Waals surface area (Å²) >= 11 is 0. The normalized spacial score (nSPS) is 10.4. The first-order valence-corrected chi connectivity index (χ1v) is 11.1. The number of unbranched alkanes of at least 4 members (excludes halogenated alkanes) is 8. The van der Waals surface area contributed by atoms with Crippen LogP contribution in [0.5, 0.6) is 5.75 Å². The van der Waals surface area contributed by atoms with E-state index in [1.54, 1.807) is 0 Å². The molecule has 174 valence electrons. The molecule has 0 aliphatic heterocycles. The maximum atomic E-state index is 11.9. The van der Waals surface area contributed by atoms with Crippen LogP contribution in [-0.4, -0.2) is 36.5 Å². The smallest absolute Gasteiger partial charge is 0.478 e. The molecule has 0 saturated heterocycles. The quantitative estimate of drug-likeness (QED) is 0.186. The van der Waals surface area contributed by atoms with Gasteiger partial charge in [-0.1, -0.05) is 65.2 Å². The second kappa shape index (κ2) is 16.0. The Labute approximate surface area is 184 Å². The Morgan fingerprint density at radius 3 is 2.00 bits per heavy atom. The van der Waals surface area contributed by atoms with Crippen molar-refractivity contribution in [3.63, 3.8) is 0 Å². The van der Waals surface area contributed by atoms with E-state index in [0.29, 0.717) is 13.0 Å². The molecule has 2 N–H and O–H groups in total. The first kappa shape index (κ1) is 26.3. The van der Waals surface area contributed by atoms with Crippen molar-refractivity contribution in [2.45, 2.75) is 78.1 Å². The van der Waals surface area contributed by atoms with E-state index in [-0.39, 0.29) is 23.6 Å². The van der Waals surface area contributed by atoms with Crippen LogP contribution in [0.1, 0.15) is 88.4 Å². The second-order valence-electron chi connectivity index (χ2n) is 7.31. The Balaban J connectivity index is 2.53. The van der Waals surface area contributed by atoms with Crippen molar-refractivity contribution in [2.24, 2.45) is 0 Å². The lowest BCUT2D eigenvalue weighted by Gasteiger charge is -2.11. The monoisotopic (exact) mass is 437 g/mol. The molecule has 1 rings (SSSR count). The number of carboxylic acids is 1. The van der Waals surface area contributed by atoms with Crippen LogP contribution in [0, 0.1) is 0 Å². The zero-order valence-corrected chi connectivity index (χ0v) is 18.6. The Morgan fingerprint density at radius 2 is 1.42 bits per heavy atom. The third-order valence-corrected chi connectivity index (χ3v) is 4.60. The topological polar surface area (TPSA) is 111 Å². The van der Waals surface area contributed by atoms with Gasteiger partial charge in [0.1, 0.15) is 5.56 Å². The van der Waals surface area contributed by atoms with Crippen molar-refractivity contribution in [3.8, 4) is 5.75 Å². The highest BCUT2D eigenvalue weighted by atomic mass is 16.7. The van der Waals surface area contributed by atoms with E-state index in [2.05, 4.69) is 19.2 Å². The number of carboxylic acid groups (broad SMARTS) is 1. The summed E-state index contributed by atoms with van der Waals surface area (Å²) in [5, 5.41) is 11.8. The third kappa shape index (κ3) is 11.9. The molecule has 0 aliphatic carbocycles. The molecule has 0 fully saturated rings. The molecule has 8 nitrogen and oxygen atoms in total. The highest BCUT2D eigenvalue weighted by molar-refractivity contribution is 5.93. The minimum absolute atomic E-state index is 0.202. The summed E-state index contributed by atoms with van der Waals surface area (Å²) in [6.07, 6.45) is 8.53. The van der Waals surface area contributed by atoms with E-state index in [4.69, 9.17) is 14.2 Å². The third-order valence-electron chi connectivity index (χ3n) is 4.60. The molecule has 0 saturated carbocycles. The van der Waals surface area contributed by atoms with Crippen molar-refractivity contribution in [2.75, 3.05) is 18.5 Å². The fourth-order valence-electron chi connectivity index (χ4n) is 2.87. The number of hydrogen-bond donors (Lipinski definition) is 2. The number of hydrogen-bond acceptors (Lipinski definition) is 6. The maximum absolute atomic E-state index is 11.9. The molecule has 0 heterocycles. The van der Waals surface area contributed by atoms with Gasteiger partial charge in [0.2, 0.25) is 0 Å². The molecule has 0 bridgehead atoms. The number of anilines is 1.